The van der Waals surface area contributed by atoms with Crippen molar-refractivity contribution < 1.29 is 4.79 Å². The zero-order chi connectivity index (χ0) is 10.7. The molecule has 0 fully saturated rings. The van der Waals surface area contributed by atoms with Crippen LogP contribution in [0.3, 0.4) is 0 Å². The number of Topliss-reactive ketones (excluding diaryl/α,β-unsaturated/α-hetero) is 1. The molecule has 0 bridgehead atoms. The molecule has 3 heteroatoms. The van der Waals surface area contributed by atoms with Crippen molar-refractivity contribution in [2.24, 2.45) is 7.05 Å². The third-order valence-corrected chi connectivity index (χ3v) is 2.80. The zero-order valence-electron chi connectivity index (χ0n) is 9.07. The molecule has 1 aliphatic rings. The molecule has 0 unspecified atom stereocenters. The first-order valence-corrected chi connectivity index (χ1v) is 5.50. The third kappa shape index (κ3) is 2.35. The number of carbonyl (C=O) groups is 1. The average molecular weight is 204 g/mol. The van der Waals surface area contributed by atoms with Crippen molar-refractivity contribution >= 4 is 5.78 Å². The van der Waals surface area contributed by atoms with E-state index < -0.39 is 0 Å². The van der Waals surface area contributed by atoms with Gasteiger partial charge in [-0.25, -0.2) is 0 Å². The summed E-state index contributed by atoms with van der Waals surface area (Å²) in [6, 6.07) is 0. The van der Waals surface area contributed by atoms with Gasteiger partial charge in [0.15, 0.2) is 5.78 Å². The van der Waals surface area contributed by atoms with Gasteiger partial charge in [0, 0.05) is 13.2 Å². The van der Waals surface area contributed by atoms with Gasteiger partial charge < -0.3 is 0 Å². The van der Waals surface area contributed by atoms with Crippen molar-refractivity contribution in [2.75, 3.05) is 0 Å². The Hall–Kier alpha value is -1.38. The summed E-state index contributed by atoms with van der Waals surface area (Å²) in [4.78, 5) is 12.0. The molecule has 80 valence electrons. The van der Waals surface area contributed by atoms with E-state index in [1.165, 1.54) is 12.8 Å². The molecule has 1 heterocycles. The van der Waals surface area contributed by atoms with E-state index in [0.29, 0.717) is 5.56 Å². The number of hydrogen-bond donors (Lipinski definition) is 0. The van der Waals surface area contributed by atoms with E-state index in [9.17, 15) is 4.79 Å². The Morgan fingerprint density at radius 3 is 3.00 bits per heavy atom. The first kappa shape index (κ1) is 10.1. The van der Waals surface area contributed by atoms with E-state index >= 15 is 0 Å². The fraction of sp³-hybridized carbons (Fsp3) is 0.500. The lowest BCUT2D eigenvalue weighted by molar-refractivity contribution is 0.103. The lowest BCUT2D eigenvalue weighted by atomic mass is 10.0. The Morgan fingerprint density at radius 2 is 2.27 bits per heavy atom. The molecule has 1 aliphatic carbocycles. The second kappa shape index (κ2) is 4.43. The Morgan fingerprint density at radius 1 is 1.40 bits per heavy atom. The molecule has 0 aromatic carbocycles. The molecule has 0 aliphatic heterocycles. The summed E-state index contributed by atoms with van der Waals surface area (Å²) in [5.41, 5.74) is 1.69. The molecule has 1 aromatic rings. The van der Waals surface area contributed by atoms with Crippen molar-refractivity contribution in [3.8, 4) is 0 Å². The number of allylic oxidation sites excluding steroid dienone is 2. The molecule has 0 N–H and O–H groups in total. The van der Waals surface area contributed by atoms with Crippen molar-refractivity contribution in [2.45, 2.75) is 32.1 Å². The van der Waals surface area contributed by atoms with Crippen LogP contribution in [0.4, 0.5) is 0 Å². The zero-order valence-corrected chi connectivity index (χ0v) is 9.07. The van der Waals surface area contributed by atoms with Gasteiger partial charge in [0.25, 0.3) is 0 Å². The summed E-state index contributed by atoms with van der Waals surface area (Å²) in [6.45, 7) is 0. The molecule has 0 atom stereocenters. The second-order valence-electron chi connectivity index (χ2n) is 4.06. The molecule has 1 aromatic heterocycles. The lowest BCUT2D eigenvalue weighted by Crippen LogP contribution is -2.02. The van der Waals surface area contributed by atoms with Gasteiger partial charge in [-0.15, -0.1) is 0 Å². The number of ketones is 1. The fourth-order valence-electron chi connectivity index (χ4n) is 1.95. The van der Waals surface area contributed by atoms with Crippen LogP contribution in [0.5, 0.6) is 0 Å². The summed E-state index contributed by atoms with van der Waals surface area (Å²) in [5, 5.41) is 4.02. The molecule has 15 heavy (non-hydrogen) atoms. The van der Waals surface area contributed by atoms with Crippen LogP contribution in [0.1, 0.15) is 42.5 Å². The van der Waals surface area contributed by atoms with Crippen LogP contribution in [0.25, 0.3) is 0 Å². The molecule has 0 spiro atoms. The molecule has 2 rings (SSSR count). The largest absolute Gasteiger partial charge is 0.289 e. The van der Waals surface area contributed by atoms with Gasteiger partial charge in [0.1, 0.15) is 0 Å². The maximum Gasteiger partial charge on any atom is 0.191 e. The number of hydrogen-bond acceptors (Lipinski definition) is 2. The molecular formula is C12H16N2O. The van der Waals surface area contributed by atoms with Gasteiger partial charge >= 0.3 is 0 Å². The highest BCUT2D eigenvalue weighted by Crippen LogP contribution is 2.20. The summed E-state index contributed by atoms with van der Waals surface area (Å²) in [5.74, 6) is 0.157. The fourth-order valence-corrected chi connectivity index (χ4v) is 1.95. The van der Waals surface area contributed by atoms with Gasteiger partial charge in [0.2, 0.25) is 0 Å². The van der Waals surface area contributed by atoms with Crippen LogP contribution in [-0.4, -0.2) is 15.6 Å². The topological polar surface area (TPSA) is 34.9 Å². The summed E-state index contributed by atoms with van der Waals surface area (Å²) < 4.78 is 1.67. The minimum absolute atomic E-state index is 0.157. The van der Waals surface area contributed by atoms with E-state index in [2.05, 4.69) is 11.2 Å². The predicted molar refractivity (Wildman–Crippen MR) is 58.7 cm³/mol. The lowest BCUT2D eigenvalue weighted by Gasteiger charge is -2.01. The standard InChI is InChI=1S/C12H16N2O/c1-14-9-11(8-13-14)12(15)10-6-4-2-3-5-7-10/h6,8-9H,2-5,7H2,1H3. The van der Waals surface area contributed by atoms with Gasteiger partial charge in [-0.05, 0) is 31.3 Å². The first-order valence-electron chi connectivity index (χ1n) is 5.50. The van der Waals surface area contributed by atoms with Crippen LogP contribution in [0.2, 0.25) is 0 Å². The summed E-state index contributed by atoms with van der Waals surface area (Å²) >= 11 is 0. The summed E-state index contributed by atoms with van der Waals surface area (Å²) in [7, 11) is 1.83. The quantitative estimate of drug-likeness (QED) is 0.694. The van der Waals surface area contributed by atoms with Crippen molar-refractivity contribution in [1.82, 2.24) is 9.78 Å². The first-order chi connectivity index (χ1) is 7.27. The predicted octanol–water partition coefficient (Wildman–Crippen LogP) is 2.49. The summed E-state index contributed by atoms with van der Waals surface area (Å²) in [6.07, 6.45) is 11.1. The Balaban J connectivity index is 2.16. The molecular weight excluding hydrogens is 188 g/mol. The number of aromatic nitrogens is 2. The monoisotopic (exact) mass is 204 g/mol. The molecule has 3 nitrogen and oxygen atoms in total. The minimum Gasteiger partial charge on any atom is -0.289 e. The third-order valence-electron chi connectivity index (χ3n) is 2.80. The second-order valence-corrected chi connectivity index (χ2v) is 4.06. The van der Waals surface area contributed by atoms with E-state index in [1.54, 1.807) is 17.1 Å². The van der Waals surface area contributed by atoms with E-state index in [-0.39, 0.29) is 5.78 Å². The van der Waals surface area contributed by atoms with Crippen molar-refractivity contribution in [3.63, 3.8) is 0 Å². The maximum atomic E-state index is 12.0. The number of rotatable bonds is 2. The molecule has 0 radical (unpaired) electrons. The molecule has 0 saturated heterocycles. The highest BCUT2D eigenvalue weighted by atomic mass is 16.1. The Labute approximate surface area is 89.8 Å². The average Bonchev–Trinajstić information content (AvgIpc) is 2.53. The van der Waals surface area contributed by atoms with Gasteiger partial charge in [-0.1, -0.05) is 12.5 Å². The normalized spacial score (nSPS) is 17.0. The number of carbonyl (C=O) groups excluding carboxylic acids is 1. The highest BCUT2D eigenvalue weighted by molar-refractivity contribution is 6.08. The molecule has 0 amide bonds. The Kier molecular flexibility index (Phi) is 2.99. The SMILES string of the molecule is Cn1cc(C(=O)C2=CCCCCC2)cn1. The van der Waals surface area contributed by atoms with Gasteiger partial charge in [0.05, 0.1) is 11.8 Å². The smallest absolute Gasteiger partial charge is 0.191 e. The minimum atomic E-state index is 0.157. The van der Waals surface area contributed by atoms with Crippen LogP contribution in [-0.2, 0) is 7.05 Å². The van der Waals surface area contributed by atoms with E-state index in [1.807, 2.05) is 7.05 Å². The van der Waals surface area contributed by atoms with E-state index in [0.717, 1.165) is 24.8 Å². The van der Waals surface area contributed by atoms with Crippen molar-refractivity contribution in [1.29, 1.82) is 0 Å². The van der Waals surface area contributed by atoms with Crippen LogP contribution >= 0.6 is 0 Å². The van der Waals surface area contributed by atoms with Crippen LogP contribution < -0.4 is 0 Å². The number of nitrogens with zero attached hydrogens (tertiary/aromatic N) is 2. The van der Waals surface area contributed by atoms with E-state index in [4.69, 9.17) is 0 Å². The van der Waals surface area contributed by atoms with Crippen molar-refractivity contribution in [3.05, 3.63) is 29.6 Å². The van der Waals surface area contributed by atoms with Gasteiger partial charge in [-0.2, -0.15) is 5.10 Å². The highest BCUT2D eigenvalue weighted by Gasteiger charge is 2.14. The maximum absolute atomic E-state index is 12.0. The number of aryl methyl sites for hydroxylation is 1. The van der Waals surface area contributed by atoms with Gasteiger partial charge in [-0.3, -0.25) is 9.48 Å². The van der Waals surface area contributed by atoms with Crippen LogP contribution in [0, 0.1) is 0 Å². The van der Waals surface area contributed by atoms with Crippen LogP contribution in [0.15, 0.2) is 24.0 Å². The molecule has 0 saturated carbocycles. The Bertz CT molecular complexity index is 390.